The fraction of sp³-hybridized carbons (Fsp3) is 0.417. The minimum Gasteiger partial charge on any atom is -0.317 e. The van der Waals surface area contributed by atoms with Crippen LogP contribution in [-0.2, 0) is 4.79 Å². The molecule has 92 valence electrons. The zero-order valence-corrected chi connectivity index (χ0v) is 11.3. The number of carbonyl (C=O) groups is 1. The maximum atomic E-state index is 11.7. The van der Waals surface area contributed by atoms with Crippen LogP contribution in [0.1, 0.15) is 26.3 Å². The van der Waals surface area contributed by atoms with E-state index in [0.29, 0.717) is 5.82 Å². The molecule has 0 aliphatic rings. The Bertz CT molecular complexity index is 438. The van der Waals surface area contributed by atoms with E-state index in [1.54, 1.807) is 6.20 Å². The number of nitrogens with zero attached hydrogens (tertiary/aromatic N) is 1. The van der Waals surface area contributed by atoms with Gasteiger partial charge in [0, 0.05) is 11.6 Å². The van der Waals surface area contributed by atoms with Crippen LogP contribution in [0.15, 0.2) is 18.3 Å². The van der Waals surface area contributed by atoms with E-state index in [4.69, 9.17) is 12.2 Å². The summed E-state index contributed by atoms with van der Waals surface area (Å²) in [5, 5.41) is 5.81. The number of thiocarbonyl (C=S) groups is 1. The zero-order valence-electron chi connectivity index (χ0n) is 10.5. The Morgan fingerprint density at radius 1 is 1.41 bits per heavy atom. The number of carbonyl (C=O) groups excluding carboxylic acids is 1. The molecule has 1 aromatic rings. The van der Waals surface area contributed by atoms with Gasteiger partial charge in [-0.25, -0.2) is 4.98 Å². The zero-order chi connectivity index (χ0) is 13.1. The van der Waals surface area contributed by atoms with Crippen LogP contribution >= 0.6 is 12.2 Å². The number of amides is 1. The first-order valence-electron chi connectivity index (χ1n) is 5.35. The molecule has 1 heterocycles. The van der Waals surface area contributed by atoms with Crippen molar-refractivity contribution < 1.29 is 4.79 Å². The predicted molar refractivity (Wildman–Crippen MR) is 72.8 cm³/mol. The van der Waals surface area contributed by atoms with Gasteiger partial charge in [-0.05, 0) is 30.8 Å². The van der Waals surface area contributed by atoms with E-state index < -0.39 is 5.41 Å². The molecule has 0 saturated carbocycles. The molecule has 0 aliphatic heterocycles. The second kappa shape index (κ2) is 5.23. The van der Waals surface area contributed by atoms with Crippen LogP contribution in [0.5, 0.6) is 0 Å². The fourth-order valence-corrected chi connectivity index (χ4v) is 1.24. The lowest BCUT2D eigenvalue weighted by atomic mass is 9.96. The van der Waals surface area contributed by atoms with Crippen molar-refractivity contribution in [2.45, 2.75) is 27.7 Å². The highest BCUT2D eigenvalue weighted by atomic mass is 32.1. The normalized spacial score (nSPS) is 10.8. The molecule has 0 aliphatic carbocycles. The van der Waals surface area contributed by atoms with Gasteiger partial charge in [0.05, 0.1) is 0 Å². The Labute approximate surface area is 107 Å². The smallest absolute Gasteiger partial charge is 0.231 e. The lowest BCUT2D eigenvalue weighted by molar-refractivity contribution is -0.126. The first kappa shape index (κ1) is 13.6. The molecule has 17 heavy (non-hydrogen) atoms. The summed E-state index contributed by atoms with van der Waals surface area (Å²) >= 11 is 5.06. The standard InChI is InChI=1S/C12H17N3OS/c1-8-6-5-7-13-9(8)14-11(17)15-10(16)12(2,3)4/h5-7H,1-4H3,(H2,13,14,15,16,17). The molecule has 0 unspecified atom stereocenters. The molecule has 0 bridgehead atoms. The van der Waals surface area contributed by atoms with Crippen molar-refractivity contribution in [3.63, 3.8) is 0 Å². The second-order valence-electron chi connectivity index (χ2n) is 4.83. The number of anilines is 1. The summed E-state index contributed by atoms with van der Waals surface area (Å²) in [6.07, 6.45) is 1.67. The van der Waals surface area contributed by atoms with Crippen molar-refractivity contribution in [3.05, 3.63) is 23.9 Å². The Hall–Kier alpha value is -1.49. The van der Waals surface area contributed by atoms with Gasteiger partial charge in [-0.3, -0.25) is 4.79 Å². The topological polar surface area (TPSA) is 54.0 Å². The van der Waals surface area contributed by atoms with E-state index in [2.05, 4.69) is 15.6 Å². The summed E-state index contributed by atoms with van der Waals surface area (Å²) in [5.74, 6) is 0.537. The summed E-state index contributed by atoms with van der Waals surface area (Å²) in [4.78, 5) is 15.8. The SMILES string of the molecule is Cc1cccnc1NC(=S)NC(=O)C(C)(C)C. The monoisotopic (exact) mass is 251 g/mol. The van der Waals surface area contributed by atoms with Crippen LogP contribution in [0.2, 0.25) is 0 Å². The van der Waals surface area contributed by atoms with Crippen molar-refractivity contribution in [2.75, 3.05) is 5.32 Å². The maximum absolute atomic E-state index is 11.7. The molecular weight excluding hydrogens is 234 g/mol. The Morgan fingerprint density at radius 3 is 2.59 bits per heavy atom. The number of aryl methyl sites for hydroxylation is 1. The third-order valence-electron chi connectivity index (χ3n) is 2.15. The van der Waals surface area contributed by atoms with Crippen molar-refractivity contribution in [3.8, 4) is 0 Å². The first-order chi connectivity index (χ1) is 7.80. The Morgan fingerprint density at radius 2 is 2.06 bits per heavy atom. The van der Waals surface area contributed by atoms with Crippen LogP contribution < -0.4 is 10.6 Å². The van der Waals surface area contributed by atoms with Crippen LogP contribution in [0.4, 0.5) is 5.82 Å². The van der Waals surface area contributed by atoms with Gasteiger partial charge in [-0.2, -0.15) is 0 Å². The predicted octanol–water partition coefficient (Wildman–Crippen LogP) is 2.25. The van der Waals surface area contributed by atoms with Crippen molar-refractivity contribution in [1.82, 2.24) is 10.3 Å². The molecule has 0 aromatic carbocycles. The van der Waals surface area contributed by atoms with Gasteiger partial charge in [0.2, 0.25) is 5.91 Å². The largest absolute Gasteiger partial charge is 0.317 e. The summed E-state index contributed by atoms with van der Waals surface area (Å²) in [7, 11) is 0. The van der Waals surface area contributed by atoms with Crippen molar-refractivity contribution in [1.29, 1.82) is 0 Å². The van der Waals surface area contributed by atoms with Gasteiger partial charge in [0.25, 0.3) is 0 Å². The summed E-state index contributed by atoms with van der Waals surface area (Å²) < 4.78 is 0. The minimum atomic E-state index is -0.467. The highest BCUT2D eigenvalue weighted by Gasteiger charge is 2.22. The number of pyridine rings is 1. The van der Waals surface area contributed by atoms with Crippen molar-refractivity contribution >= 4 is 29.1 Å². The lowest BCUT2D eigenvalue weighted by Crippen LogP contribution is -2.41. The Balaban J connectivity index is 2.63. The van der Waals surface area contributed by atoms with Crippen LogP contribution in [0.3, 0.4) is 0 Å². The van der Waals surface area contributed by atoms with E-state index in [0.717, 1.165) is 5.56 Å². The first-order valence-corrected chi connectivity index (χ1v) is 5.75. The fourth-order valence-electron chi connectivity index (χ4n) is 1.05. The number of hydrogen-bond donors (Lipinski definition) is 2. The summed E-state index contributed by atoms with van der Waals surface area (Å²) in [6.45, 7) is 7.41. The molecule has 0 spiro atoms. The summed E-state index contributed by atoms with van der Waals surface area (Å²) in [5.41, 5.74) is 0.505. The van der Waals surface area contributed by atoms with Gasteiger partial charge >= 0.3 is 0 Å². The number of hydrogen-bond acceptors (Lipinski definition) is 3. The van der Waals surface area contributed by atoms with E-state index in [9.17, 15) is 4.79 Å². The third-order valence-corrected chi connectivity index (χ3v) is 2.35. The maximum Gasteiger partial charge on any atom is 0.231 e. The van der Waals surface area contributed by atoms with Gasteiger partial charge in [0.15, 0.2) is 5.11 Å². The molecule has 4 nitrogen and oxygen atoms in total. The lowest BCUT2D eigenvalue weighted by Gasteiger charge is -2.18. The average molecular weight is 251 g/mol. The average Bonchev–Trinajstić information content (AvgIpc) is 2.20. The van der Waals surface area contributed by atoms with Crippen LogP contribution in [0.25, 0.3) is 0 Å². The van der Waals surface area contributed by atoms with Crippen LogP contribution in [-0.4, -0.2) is 16.0 Å². The second-order valence-corrected chi connectivity index (χ2v) is 5.24. The van der Waals surface area contributed by atoms with Crippen LogP contribution in [0, 0.1) is 12.3 Å². The summed E-state index contributed by atoms with van der Waals surface area (Å²) in [6, 6.07) is 3.76. The van der Waals surface area contributed by atoms with E-state index in [1.807, 2.05) is 39.8 Å². The van der Waals surface area contributed by atoms with Gasteiger partial charge < -0.3 is 10.6 Å². The van der Waals surface area contributed by atoms with E-state index in [-0.39, 0.29) is 11.0 Å². The molecule has 2 N–H and O–H groups in total. The Kier molecular flexibility index (Phi) is 4.17. The third kappa shape index (κ3) is 4.11. The van der Waals surface area contributed by atoms with Gasteiger partial charge in [-0.1, -0.05) is 26.8 Å². The van der Waals surface area contributed by atoms with Gasteiger partial charge in [0.1, 0.15) is 5.82 Å². The van der Waals surface area contributed by atoms with E-state index >= 15 is 0 Å². The highest BCUT2D eigenvalue weighted by molar-refractivity contribution is 7.80. The molecule has 1 amide bonds. The minimum absolute atomic E-state index is 0.122. The number of aromatic nitrogens is 1. The molecular formula is C12H17N3OS. The molecule has 0 fully saturated rings. The molecule has 1 aromatic heterocycles. The van der Waals surface area contributed by atoms with Gasteiger partial charge in [-0.15, -0.1) is 0 Å². The molecule has 0 saturated heterocycles. The highest BCUT2D eigenvalue weighted by Crippen LogP contribution is 2.13. The molecule has 0 radical (unpaired) electrons. The molecule has 1 rings (SSSR count). The molecule has 5 heteroatoms. The van der Waals surface area contributed by atoms with E-state index in [1.165, 1.54) is 0 Å². The number of nitrogens with one attached hydrogen (secondary N) is 2. The molecule has 0 atom stereocenters. The van der Waals surface area contributed by atoms with Crippen molar-refractivity contribution in [2.24, 2.45) is 5.41 Å². The quantitative estimate of drug-likeness (QED) is 0.752. The number of rotatable bonds is 1.